The minimum Gasteiger partial charge on any atom is -0.478 e. The fourth-order valence-corrected chi connectivity index (χ4v) is 5.91. The first kappa shape index (κ1) is 32.9. The summed E-state index contributed by atoms with van der Waals surface area (Å²) in [6.07, 6.45) is 1.52. The van der Waals surface area contributed by atoms with E-state index in [2.05, 4.69) is 30.5 Å². The second-order valence-electron chi connectivity index (χ2n) is 10.1. The van der Waals surface area contributed by atoms with E-state index < -0.39 is 52.5 Å². The summed E-state index contributed by atoms with van der Waals surface area (Å²) in [4.78, 5) is 72.4. The van der Waals surface area contributed by atoms with Gasteiger partial charge in [0, 0.05) is 35.9 Å². The van der Waals surface area contributed by atoms with Crippen molar-refractivity contribution in [2.45, 2.75) is 37.4 Å². The lowest BCUT2D eigenvalue weighted by Gasteiger charge is -2.49. The number of β-lactam (4-membered cyclic amide) rings is 1. The maximum Gasteiger partial charge on any atom is 0.352 e. The van der Waals surface area contributed by atoms with Gasteiger partial charge in [0.1, 0.15) is 17.1 Å². The fraction of sp³-hybridized carbons (Fsp3) is 0.435. The summed E-state index contributed by atoms with van der Waals surface area (Å²) in [5, 5.41) is 29.9. The quantitative estimate of drug-likeness (QED) is 0.0500. The van der Waals surface area contributed by atoms with Crippen LogP contribution in [0.2, 0.25) is 0 Å². The molecule has 0 radical (unpaired) electrons. The number of fused-ring (bicyclic) bond motifs is 1. The molecule has 4 rings (SSSR count). The number of carbonyl (C=O) groups is 5. The Hall–Kier alpha value is -4.96. The molecule has 1 fully saturated rings. The number of carboxylic acid groups (broad SMARTS) is 2. The number of hydrogen-bond acceptors (Lipinski definition) is 14. The minimum atomic E-state index is -1.82. The van der Waals surface area contributed by atoms with Crippen LogP contribution in [-0.2, 0) is 37.6 Å². The molecule has 22 heteroatoms. The molecule has 0 bridgehead atoms. The van der Waals surface area contributed by atoms with Crippen molar-refractivity contribution in [1.29, 1.82) is 0 Å². The van der Waals surface area contributed by atoms with Gasteiger partial charge in [0.15, 0.2) is 23.2 Å². The van der Waals surface area contributed by atoms with Gasteiger partial charge in [0.05, 0.1) is 7.05 Å². The van der Waals surface area contributed by atoms with E-state index >= 15 is 0 Å². The van der Waals surface area contributed by atoms with Gasteiger partial charge in [-0.1, -0.05) is 5.16 Å². The maximum absolute atomic E-state index is 13.3. The van der Waals surface area contributed by atoms with Gasteiger partial charge in [-0.25, -0.2) is 14.4 Å². The van der Waals surface area contributed by atoms with Crippen LogP contribution < -0.4 is 37.8 Å². The summed E-state index contributed by atoms with van der Waals surface area (Å²) in [7, 11) is 1.61. The number of nitrogens with zero attached hydrogens (tertiary/aromatic N) is 6. The second-order valence-corrected chi connectivity index (χ2v) is 12.0. The van der Waals surface area contributed by atoms with E-state index in [9.17, 15) is 34.2 Å². The van der Waals surface area contributed by atoms with Crippen molar-refractivity contribution in [3.63, 3.8) is 0 Å². The highest BCUT2D eigenvalue weighted by Crippen LogP contribution is 2.40. The van der Waals surface area contributed by atoms with Crippen LogP contribution in [0.5, 0.6) is 0 Å². The topological polar surface area (TPSA) is 299 Å². The molecule has 242 valence electrons. The van der Waals surface area contributed by atoms with Crippen LogP contribution in [0.15, 0.2) is 22.6 Å². The average molecular weight is 668 g/mol. The fourth-order valence-electron chi connectivity index (χ4n) is 4.14. The molecule has 0 aliphatic carbocycles. The Bertz CT molecular complexity index is 1620. The summed E-state index contributed by atoms with van der Waals surface area (Å²) >= 11 is 1.96. The molecule has 0 spiro atoms. The summed E-state index contributed by atoms with van der Waals surface area (Å²) in [6.45, 7) is 2.92. The van der Waals surface area contributed by atoms with Gasteiger partial charge in [0.25, 0.3) is 11.8 Å². The molecule has 1 saturated heterocycles. The van der Waals surface area contributed by atoms with Gasteiger partial charge in [-0.2, -0.15) is 9.36 Å². The third-order valence-corrected chi connectivity index (χ3v) is 8.49. The molecule has 2 unspecified atom stereocenters. The molecule has 45 heavy (non-hydrogen) atoms. The standard InChI is InChI=1S/C23H30N12O8S2/c1-23(2,20(40)41)43-31-11(15-30-21(26)45-32-15)16(36)29-12-17(37)35-13(19(38)39)9(8-44-18(12)35)6-34-7-10(14(25)33(34)3)28-22(42)27-5-4-24/h7,12,18,25H,4-6,8,24H2,1-3H3,(H7,26,27,28,29,30,32,36,38,39,40,41,42)/p+1/b31-11+. The van der Waals surface area contributed by atoms with Crippen molar-refractivity contribution in [3.05, 3.63) is 23.3 Å². The largest absolute Gasteiger partial charge is 0.478 e. The van der Waals surface area contributed by atoms with Crippen LogP contribution in [0.25, 0.3) is 0 Å². The third kappa shape index (κ3) is 6.76. The van der Waals surface area contributed by atoms with Gasteiger partial charge >= 0.3 is 18.0 Å². The summed E-state index contributed by atoms with van der Waals surface area (Å²) in [5.41, 5.74) is 15.2. The zero-order valence-electron chi connectivity index (χ0n) is 24.1. The van der Waals surface area contributed by atoms with Crippen molar-refractivity contribution in [2.75, 3.05) is 35.6 Å². The lowest BCUT2D eigenvalue weighted by Crippen LogP contribution is -2.71. The van der Waals surface area contributed by atoms with E-state index in [-0.39, 0.29) is 53.5 Å². The highest BCUT2D eigenvalue weighted by molar-refractivity contribution is 8.00. The molecule has 2 aromatic rings. The minimum absolute atomic E-state index is 0.00361. The SMILES string of the molecule is Cn1c(N)c(NC(=O)NCCN)c[n+]1CC1=C(C(=O)O)N2C(=O)C(NC(=O)/C(=N/OC(C)(C)C(=O)O)c3nsc(N)n3)C2SC1. The van der Waals surface area contributed by atoms with E-state index in [0.29, 0.717) is 5.57 Å². The Morgan fingerprint density at radius 2 is 1.98 bits per heavy atom. The first-order valence-corrected chi connectivity index (χ1v) is 14.9. The Kier molecular flexibility index (Phi) is 9.48. The molecule has 0 saturated carbocycles. The number of anilines is 3. The first-order valence-electron chi connectivity index (χ1n) is 13.1. The average Bonchev–Trinajstić information content (AvgIpc) is 3.52. The zero-order chi connectivity index (χ0) is 33.2. The van der Waals surface area contributed by atoms with E-state index in [1.54, 1.807) is 11.7 Å². The Balaban J connectivity index is 1.54. The van der Waals surface area contributed by atoms with Gasteiger partial charge in [0.2, 0.25) is 23.3 Å². The van der Waals surface area contributed by atoms with Crippen molar-refractivity contribution in [2.24, 2.45) is 17.9 Å². The monoisotopic (exact) mass is 667 g/mol. The van der Waals surface area contributed by atoms with Crippen molar-refractivity contribution >= 4 is 75.4 Å². The predicted octanol–water partition coefficient (Wildman–Crippen LogP) is -2.57. The van der Waals surface area contributed by atoms with Crippen LogP contribution in [0.4, 0.5) is 21.4 Å². The number of carbonyl (C=O) groups excluding carboxylic acids is 3. The number of hydrogen-bond donors (Lipinski definition) is 8. The van der Waals surface area contributed by atoms with Crippen molar-refractivity contribution in [1.82, 2.24) is 29.6 Å². The molecule has 2 aliphatic rings. The van der Waals surface area contributed by atoms with Crippen molar-refractivity contribution < 1.29 is 43.7 Å². The smallest absolute Gasteiger partial charge is 0.352 e. The number of rotatable bonds is 12. The number of oxime groups is 1. The molecule has 2 atom stereocenters. The first-order chi connectivity index (χ1) is 21.2. The number of aliphatic carboxylic acids is 2. The Morgan fingerprint density at radius 1 is 1.27 bits per heavy atom. The Morgan fingerprint density at radius 3 is 2.58 bits per heavy atom. The van der Waals surface area contributed by atoms with Crippen LogP contribution in [-0.4, -0.2) is 101 Å². The summed E-state index contributed by atoms with van der Waals surface area (Å²) in [5.74, 6) is -4.28. The highest BCUT2D eigenvalue weighted by atomic mass is 32.2. The second kappa shape index (κ2) is 13.0. The highest BCUT2D eigenvalue weighted by Gasteiger charge is 2.55. The van der Waals surface area contributed by atoms with Gasteiger partial charge < -0.3 is 42.9 Å². The van der Waals surface area contributed by atoms with E-state index in [1.165, 1.54) is 36.5 Å². The molecule has 20 nitrogen and oxygen atoms in total. The number of nitrogen functional groups attached to an aromatic ring is 2. The summed E-state index contributed by atoms with van der Waals surface area (Å²) < 4.78 is 7.00. The predicted molar refractivity (Wildman–Crippen MR) is 159 cm³/mol. The number of carboxylic acids is 2. The van der Waals surface area contributed by atoms with Crippen LogP contribution in [0.1, 0.15) is 19.7 Å². The summed E-state index contributed by atoms with van der Waals surface area (Å²) in [6, 6.07) is -1.68. The lowest BCUT2D eigenvalue weighted by molar-refractivity contribution is -0.765. The van der Waals surface area contributed by atoms with E-state index in [1.807, 2.05) is 0 Å². The molecule has 11 N–H and O–H groups in total. The number of amides is 4. The zero-order valence-corrected chi connectivity index (χ0v) is 25.8. The van der Waals surface area contributed by atoms with Crippen LogP contribution in [0.3, 0.4) is 0 Å². The van der Waals surface area contributed by atoms with Gasteiger partial charge in [-0.3, -0.25) is 19.8 Å². The number of thioether (sulfide) groups is 1. The number of urea groups is 1. The molecule has 2 aromatic heterocycles. The molecular formula is C23H31N12O8S2+. The van der Waals surface area contributed by atoms with Crippen molar-refractivity contribution in [3.8, 4) is 0 Å². The van der Waals surface area contributed by atoms with Crippen LogP contribution in [0, 0.1) is 0 Å². The Labute approximate surface area is 262 Å². The van der Waals surface area contributed by atoms with E-state index in [0.717, 1.165) is 16.4 Å². The van der Waals surface area contributed by atoms with Crippen LogP contribution >= 0.6 is 23.3 Å². The van der Waals surface area contributed by atoms with E-state index in [4.69, 9.17) is 22.0 Å². The molecule has 4 heterocycles. The van der Waals surface area contributed by atoms with Gasteiger partial charge in [-0.15, -0.1) is 21.1 Å². The van der Waals surface area contributed by atoms with Gasteiger partial charge in [-0.05, 0) is 13.8 Å². The molecule has 2 aliphatic heterocycles. The number of nitrogens with two attached hydrogens (primary N) is 3. The normalized spacial score (nSPS) is 18.2. The molecule has 0 aromatic carbocycles. The lowest BCUT2D eigenvalue weighted by atomic mass is 10.0. The number of nitrogens with one attached hydrogen (secondary N) is 3. The third-order valence-electron chi connectivity index (χ3n) is 6.60. The molecule has 4 amide bonds. The molecular weight excluding hydrogens is 636 g/mol. The maximum atomic E-state index is 13.3. The number of aromatic nitrogens is 4.